The Hall–Kier alpha value is -2.66. The highest BCUT2D eigenvalue weighted by Gasteiger charge is 2.32. The van der Waals surface area contributed by atoms with Gasteiger partial charge in [0.25, 0.3) is 0 Å². The third kappa shape index (κ3) is 7.51. The number of carbonyl (C=O) groups excluding carboxylic acids is 1. The van der Waals surface area contributed by atoms with Crippen LogP contribution in [0.3, 0.4) is 0 Å². The van der Waals surface area contributed by atoms with Gasteiger partial charge < -0.3 is 19.9 Å². The summed E-state index contributed by atoms with van der Waals surface area (Å²) in [5.74, 6) is -1.21. The summed E-state index contributed by atoms with van der Waals surface area (Å²) in [6, 6.07) is 2.83. The summed E-state index contributed by atoms with van der Waals surface area (Å²) in [5, 5.41) is 11.6. The Morgan fingerprint density at radius 1 is 1.29 bits per heavy atom. The number of hydrogen-bond donors (Lipinski definition) is 2. The van der Waals surface area contributed by atoms with E-state index in [0.717, 1.165) is 0 Å². The summed E-state index contributed by atoms with van der Waals surface area (Å²) in [7, 11) is -3.75. The second kappa shape index (κ2) is 10.1. The van der Waals surface area contributed by atoms with E-state index >= 15 is 0 Å². The molecule has 0 atom stereocenters. The van der Waals surface area contributed by atoms with E-state index in [2.05, 4.69) is 16.9 Å². The quantitative estimate of drug-likeness (QED) is 0.569. The first-order valence-corrected chi connectivity index (χ1v) is 11.3. The van der Waals surface area contributed by atoms with Crippen LogP contribution in [0.1, 0.15) is 33.6 Å². The van der Waals surface area contributed by atoms with Gasteiger partial charge in [0.05, 0.1) is 12.1 Å². The van der Waals surface area contributed by atoms with E-state index in [0.29, 0.717) is 5.57 Å². The maximum Gasteiger partial charge on any atom is 0.407 e. The fourth-order valence-electron chi connectivity index (χ4n) is 2.84. The molecule has 0 spiro atoms. The lowest BCUT2D eigenvalue weighted by Crippen LogP contribution is -2.40. The van der Waals surface area contributed by atoms with Crippen molar-refractivity contribution in [3.8, 4) is 5.88 Å². The van der Waals surface area contributed by atoms with Gasteiger partial charge in [-0.3, -0.25) is 4.79 Å². The van der Waals surface area contributed by atoms with Gasteiger partial charge in [-0.2, -0.15) is 4.31 Å². The Morgan fingerprint density at radius 3 is 2.45 bits per heavy atom. The van der Waals surface area contributed by atoms with Crippen LogP contribution in [-0.4, -0.2) is 66.7 Å². The standard InChI is InChI=1S/C20H29N3O7S/c1-14(11-22-19(26)30-20(2,3)4)13-29-17-6-5-16(12-21-17)31(27,28)23-9-7-15(8-10-23)18(24)25/h5-6,12,15H,1,7-11,13H2,2-4H3,(H,22,26)(H,24,25). The van der Waals surface area contributed by atoms with Crippen molar-refractivity contribution < 1.29 is 32.6 Å². The molecule has 2 N–H and O–H groups in total. The number of rotatable bonds is 8. The molecule has 1 saturated heterocycles. The molecule has 172 valence electrons. The summed E-state index contributed by atoms with van der Waals surface area (Å²) in [6.07, 6.45) is 1.20. The van der Waals surface area contributed by atoms with Crippen LogP contribution in [0.5, 0.6) is 5.88 Å². The van der Waals surface area contributed by atoms with E-state index in [-0.39, 0.29) is 49.9 Å². The Morgan fingerprint density at radius 2 is 1.94 bits per heavy atom. The number of hydrogen-bond acceptors (Lipinski definition) is 7. The molecule has 1 fully saturated rings. The Kier molecular flexibility index (Phi) is 8.02. The van der Waals surface area contributed by atoms with Crippen molar-refractivity contribution in [2.24, 2.45) is 5.92 Å². The minimum Gasteiger partial charge on any atom is -0.481 e. The smallest absolute Gasteiger partial charge is 0.407 e. The number of carboxylic acid groups (broad SMARTS) is 1. The Bertz CT molecular complexity index is 900. The highest BCUT2D eigenvalue weighted by molar-refractivity contribution is 7.89. The van der Waals surface area contributed by atoms with Gasteiger partial charge in [-0.15, -0.1) is 0 Å². The molecule has 2 rings (SSSR count). The fourth-order valence-corrected chi connectivity index (χ4v) is 4.25. The van der Waals surface area contributed by atoms with Gasteiger partial charge in [-0.25, -0.2) is 18.2 Å². The first-order valence-electron chi connectivity index (χ1n) is 9.84. The van der Waals surface area contributed by atoms with Crippen LogP contribution in [0, 0.1) is 5.92 Å². The fraction of sp³-hybridized carbons (Fsp3) is 0.550. The summed E-state index contributed by atoms with van der Waals surface area (Å²) in [6.45, 7) is 9.64. The van der Waals surface area contributed by atoms with Gasteiger partial charge in [0.2, 0.25) is 15.9 Å². The Balaban J connectivity index is 1.84. The summed E-state index contributed by atoms with van der Waals surface area (Å²) < 4.78 is 37.3. The number of pyridine rings is 1. The molecule has 31 heavy (non-hydrogen) atoms. The zero-order valence-electron chi connectivity index (χ0n) is 18.0. The van der Waals surface area contributed by atoms with Crippen molar-refractivity contribution in [3.05, 3.63) is 30.5 Å². The molecule has 0 unspecified atom stereocenters. The van der Waals surface area contributed by atoms with Crippen LogP contribution >= 0.6 is 0 Å². The number of alkyl carbamates (subject to hydrolysis) is 1. The number of sulfonamides is 1. The number of carbonyl (C=O) groups is 2. The first kappa shape index (κ1) is 24.6. The van der Waals surface area contributed by atoms with Crippen molar-refractivity contribution >= 4 is 22.1 Å². The average Bonchev–Trinajstić information content (AvgIpc) is 2.70. The lowest BCUT2D eigenvalue weighted by molar-refractivity contribution is -0.142. The van der Waals surface area contributed by atoms with Crippen LogP contribution < -0.4 is 10.1 Å². The zero-order chi connectivity index (χ0) is 23.2. The van der Waals surface area contributed by atoms with Crippen LogP contribution in [0.25, 0.3) is 0 Å². The SMILES string of the molecule is C=C(CNC(=O)OC(C)(C)C)COc1ccc(S(=O)(=O)N2CCC(C(=O)O)CC2)cn1. The molecule has 2 heterocycles. The molecule has 1 aromatic rings. The van der Waals surface area contributed by atoms with Gasteiger partial charge in [-0.05, 0) is 45.3 Å². The molecule has 1 aromatic heterocycles. The summed E-state index contributed by atoms with van der Waals surface area (Å²) in [4.78, 5) is 26.7. The first-order chi connectivity index (χ1) is 14.4. The molecule has 11 heteroatoms. The van der Waals surface area contributed by atoms with Crippen LogP contribution in [0.4, 0.5) is 4.79 Å². The largest absolute Gasteiger partial charge is 0.481 e. The van der Waals surface area contributed by atoms with Gasteiger partial charge in [0.1, 0.15) is 17.1 Å². The third-order valence-electron chi connectivity index (χ3n) is 4.46. The number of nitrogens with zero attached hydrogens (tertiary/aromatic N) is 2. The second-order valence-corrected chi connectivity index (χ2v) is 10.2. The van der Waals surface area contributed by atoms with E-state index < -0.39 is 33.6 Å². The highest BCUT2D eigenvalue weighted by atomic mass is 32.2. The van der Waals surface area contributed by atoms with Crippen LogP contribution in [-0.2, 0) is 19.6 Å². The molecule has 0 bridgehead atoms. The molecule has 0 aromatic carbocycles. The number of aromatic nitrogens is 1. The molecule has 0 saturated carbocycles. The van der Waals surface area contributed by atoms with E-state index in [1.54, 1.807) is 20.8 Å². The number of aliphatic carboxylic acids is 1. The molecule has 0 radical (unpaired) electrons. The van der Waals surface area contributed by atoms with Gasteiger partial charge in [-0.1, -0.05) is 6.58 Å². The molecule has 1 aliphatic heterocycles. The van der Waals surface area contributed by atoms with E-state index in [1.807, 2.05) is 0 Å². The second-order valence-electron chi connectivity index (χ2n) is 8.24. The van der Waals surface area contributed by atoms with Crippen molar-refractivity contribution in [2.75, 3.05) is 26.2 Å². The van der Waals surface area contributed by atoms with E-state index in [9.17, 15) is 18.0 Å². The van der Waals surface area contributed by atoms with Gasteiger partial charge in [0, 0.05) is 25.7 Å². The molecule has 0 aliphatic carbocycles. The number of ether oxygens (including phenoxy) is 2. The van der Waals surface area contributed by atoms with Crippen molar-refractivity contribution in [1.82, 2.24) is 14.6 Å². The van der Waals surface area contributed by atoms with Gasteiger partial charge >= 0.3 is 12.1 Å². The molecule has 10 nitrogen and oxygen atoms in total. The van der Waals surface area contributed by atoms with Crippen LogP contribution in [0.15, 0.2) is 35.4 Å². The molecule has 1 amide bonds. The highest BCUT2D eigenvalue weighted by Crippen LogP contribution is 2.24. The lowest BCUT2D eigenvalue weighted by atomic mass is 9.99. The third-order valence-corrected chi connectivity index (χ3v) is 6.34. The summed E-state index contributed by atoms with van der Waals surface area (Å²) in [5.41, 5.74) is -0.0225. The molecular formula is C20H29N3O7S. The lowest BCUT2D eigenvalue weighted by Gasteiger charge is -2.29. The minimum absolute atomic E-state index is 0.0130. The van der Waals surface area contributed by atoms with Crippen LogP contribution in [0.2, 0.25) is 0 Å². The van der Waals surface area contributed by atoms with E-state index in [4.69, 9.17) is 14.6 Å². The number of amides is 1. The number of nitrogens with one attached hydrogen (secondary N) is 1. The summed E-state index contributed by atoms with van der Waals surface area (Å²) >= 11 is 0. The maximum atomic E-state index is 12.7. The van der Waals surface area contributed by atoms with Crippen molar-refractivity contribution in [2.45, 2.75) is 44.1 Å². The minimum atomic E-state index is -3.75. The number of carboxylic acids is 1. The average molecular weight is 456 g/mol. The topological polar surface area (TPSA) is 135 Å². The Labute approximate surface area is 182 Å². The van der Waals surface area contributed by atoms with Gasteiger partial charge in [0.15, 0.2) is 0 Å². The predicted molar refractivity (Wildman–Crippen MR) is 112 cm³/mol. The van der Waals surface area contributed by atoms with Crippen molar-refractivity contribution in [1.29, 1.82) is 0 Å². The van der Waals surface area contributed by atoms with E-state index in [1.165, 1.54) is 22.6 Å². The zero-order valence-corrected chi connectivity index (χ0v) is 18.8. The monoisotopic (exact) mass is 455 g/mol. The predicted octanol–water partition coefficient (Wildman–Crippen LogP) is 2.03. The molecule has 1 aliphatic rings. The van der Waals surface area contributed by atoms with Crippen molar-refractivity contribution in [3.63, 3.8) is 0 Å². The normalized spacial score (nSPS) is 15.8. The maximum absolute atomic E-state index is 12.7. The molecular weight excluding hydrogens is 426 g/mol. The number of piperidine rings is 1.